The van der Waals surface area contributed by atoms with E-state index in [1.807, 2.05) is 13.8 Å². The Morgan fingerprint density at radius 3 is 2.48 bits per heavy atom. The van der Waals surface area contributed by atoms with Crippen LogP contribution in [0.4, 0.5) is 0 Å². The predicted octanol–water partition coefficient (Wildman–Crippen LogP) is 4.81. The van der Waals surface area contributed by atoms with Crippen LogP contribution in [0.3, 0.4) is 0 Å². The average molecular weight is 431 g/mol. The van der Waals surface area contributed by atoms with E-state index in [0.29, 0.717) is 48.2 Å². The minimum Gasteiger partial charge on any atom is -0.393 e. The number of fused-ring (bicyclic) bond motifs is 7. The third-order valence-electron chi connectivity index (χ3n) is 10.9. The third-order valence-corrected chi connectivity index (χ3v) is 10.9. The van der Waals surface area contributed by atoms with E-state index in [1.165, 1.54) is 12.8 Å². The van der Waals surface area contributed by atoms with Gasteiger partial charge in [0.1, 0.15) is 11.9 Å². The minimum atomic E-state index is -0.300. The molecule has 5 aliphatic rings. The van der Waals surface area contributed by atoms with Crippen LogP contribution in [0.5, 0.6) is 0 Å². The van der Waals surface area contributed by atoms with Crippen LogP contribution in [0.2, 0.25) is 0 Å². The molecule has 174 valence electrons. The van der Waals surface area contributed by atoms with Gasteiger partial charge in [-0.3, -0.25) is 9.59 Å². The number of aliphatic hydroxyl groups is 1. The molecule has 5 rings (SSSR count). The van der Waals surface area contributed by atoms with Crippen molar-refractivity contribution in [2.45, 2.75) is 104 Å². The molecule has 4 aliphatic carbocycles. The molecule has 1 aliphatic heterocycles. The van der Waals surface area contributed by atoms with E-state index in [2.05, 4.69) is 20.8 Å². The number of hydrogen-bond donors (Lipinski definition) is 1. The summed E-state index contributed by atoms with van der Waals surface area (Å²) in [6, 6.07) is 0. The number of carbonyl (C=O) groups is 2. The van der Waals surface area contributed by atoms with Gasteiger partial charge in [-0.1, -0.05) is 34.6 Å². The SMILES string of the molecule is CC(C)C(=O)C1C[C@@H](C)[C@H]2[C@H](C[C@H]3[C@@H]4CC(=O)[C@H]5C[C@@H](O)CC[C@]5(C)[C@H]4CC[C@]23C)O1. The van der Waals surface area contributed by atoms with Crippen molar-refractivity contribution in [3.63, 3.8) is 0 Å². The third kappa shape index (κ3) is 3.14. The van der Waals surface area contributed by atoms with Gasteiger partial charge in [0.05, 0.1) is 12.2 Å². The lowest BCUT2D eigenvalue weighted by Gasteiger charge is -2.60. The highest BCUT2D eigenvalue weighted by Gasteiger charge is 2.65. The number of rotatable bonds is 2. The first-order valence-corrected chi connectivity index (χ1v) is 13.0. The molecule has 0 amide bonds. The van der Waals surface area contributed by atoms with Crippen molar-refractivity contribution in [3.05, 3.63) is 0 Å². The van der Waals surface area contributed by atoms with Gasteiger partial charge in [0, 0.05) is 18.3 Å². The van der Waals surface area contributed by atoms with Crippen molar-refractivity contribution in [2.24, 2.45) is 52.3 Å². The van der Waals surface area contributed by atoms with E-state index in [4.69, 9.17) is 4.74 Å². The summed E-state index contributed by atoms with van der Waals surface area (Å²) < 4.78 is 6.55. The summed E-state index contributed by atoms with van der Waals surface area (Å²) in [7, 11) is 0. The van der Waals surface area contributed by atoms with E-state index >= 15 is 0 Å². The second-order valence-corrected chi connectivity index (χ2v) is 12.8. The normalized spacial score (nSPS) is 54.0. The molecule has 1 heterocycles. The second-order valence-electron chi connectivity index (χ2n) is 12.8. The molecule has 0 aromatic heterocycles. The summed E-state index contributed by atoms with van der Waals surface area (Å²) in [5, 5.41) is 10.2. The first-order valence-electron chi connectivity index (χ1n) is 13.0. The van der Waals surface area contributed by atoms with Crippen molar-refractivity contribution < 1.29 is 19.4 Å². The largest absolute Gasteiger partial charge is 0.393 e. The molecule has 31 heavy (non-hydrogen) atoms. The molecule has 4 saturated carbocycles. The fourth-order valence-corrected chi connectivity index (χ4v) is 9.51. The Balaban J connectivity index is 1.43. The van der Waals surface area contributed by atoms with Crippen LogP contribution < -0.4 is 0 Å². The molecular weight excluding hydrogens is 388 g/mol. The second kappa shape index (κ2) is 7.38. The maximum absolute atomic E-state index is 13.3. The van der Waals surface area contributed by atoms with Crippen molar-refractivity contribution in [2.75, 3.05) is 0 Å². The zero-order valence-corrected chi connectivity index (χ0v) is 20.1. The highest BCUT2D eigenvalue weighted by atomic mass is 16.5. The Kier molecular flexibility index (Phi) is 5.26. The van der Waals surface area contributed by atoms with Crippen molar-refractivity contribution in [3.8, 4) is 0 Å². The number of ketones is 2. The molecule has 11 atom stereocenters. The van der Waals surface area contributed by atoms with E-state index in [1.54, 1.807) is 0 Å². The molecule has 0 aromatic carbocycles. The molecule has 1 N–H and O–H groups in total. The van der Waals surface area contributed by atoms with Gasteiger partial charge in [0.25, 0.3) is 0 Å². The number of aliphatic hydroxyl groups excluding tert-OH is 1. The first kappa shape index (κ1) is 22.1. The standard InChI is InChI=1S/C27H42O4/c1-14(2)25(30)23-10-15(3)24-22(31-23)13-19-17-12-21(29)20-11-16(28)6-8-26(20,4)18(17)7-9-27(19,24)5/h14-20,22-24,28H,6-13H2,1-5H3/t15-,16+,17-,18+,19+,20-,22+,23?,24+,26-,27+/m1/s1. The summed E-state index contributed by atoms with van der Waals surface area (Å²) in [6.07, 6.45) is 7.11. The zero-order valence-electron chi connectivity index (χ0n) is 20.1. The number of ether oxygens (including phenoxy) is 1. The quantitative estimate of drug-likeness (QED) is 0.683. The van der Waals surface area contributed by atoms with Gasteiger partial charge in [-0.05, 0) is 85.4 Å². The lowest BCUT2D eigenvalue weighted by Crippen LogP contribution is -2.57. The molecular formula is C27H42O4. The van der Waals surface area contributed by atoms with E-state index in [-0.39, 0.29) is 46.8 Å². The molecule has 0 radical (unpaired) electrons. The van der Waals surface area contributed by atoms with Gasteiger partial charge < -0.3 is 9.84 Å². The zero-order chi connectivity index (χ0) is 22.3. The van der Waals surface area contributed by atoms with Crippen LogP contribution in [0, 0.1) is 52.3 Å². The van der Waals surface area contributed by atoms with Crippen LogP contribution >= 0.6 is 0 Å². The summed E-state index contributed by atoms with van der Waals surface area (Å²) >= 11 is 0. The molecule has 1 saturated heterocycles. The lowest BCUT2D eigenvalue weighted by molar-refractivity contribution is -0.165. The fraction of sp³-hybridized carbons (Fsp3) is 0.926. The fourth-order valence-electron chi connectivity index (χ4n) is 9.51. The Morgan fingerprint density at radius 2 is 1.77 bits per heavy atom. The van der Waals surface area contributed by atoms with Crippen LogP contribution in [0.15, 0.2) is 0 Å². The monoisotopic (exact) mass is 430 g/mol. The highest BCUT2D eigenvalue weighted by molar-refractivity contribution is 5.85. The van der Waals surface area contributed by atoms with Crippen LogP contribution in [-0.4, -0.2) is 35.0 Å². The summed E-state index contributed by atoms with van der Waals surface area (Å²) in [5.41, 5.74) is 0.270. The maximum Gasteiger partial charge on any atom is 0.164 e. The Bertz CT molecular complexity index is 760. The van der Waals surface area contributed by atoms with Crippen molar-refractivity contribution in [1.82, 2.24) is 0 Å². The number of Topliss-reactive ketones (excluding diaryl/α,β-unsaturated/α-hetero) is 2. The maximum atomic E-state index is 13.3. The van der Waals surface area contributed by atoms with Crippen LogP contribution in [0.25, 0.3) is 0 Å². The first-order chi connectivity index (χ1) is 14.6. The molecule has 5 fully saturated rings. The molecule has 4 heteroatoms. The molecule has 0 spiro atoms. The van der Waals surface area contributed by atoms with Gasteiger partial charge in [-0.15, -0.1) is 0 Å². The van der Waals surface area contributed by atoms with E-state index in [0.717, 1.165) is 25.7 Å². The lowest BCUT2D eigenvalue weighted by atomic mass is 9.44. The summed E-state index contributed by atoms with van der Waals surface area (Å²) in [4.78, 5) is 26.1. The predicted molar refractivity (Wildman–Crippen MR) is 119 cm³/mol. The topological polar surface area (TPSA) is 63.6 Å². The molecule has 0 bridgehead atoms. The Hall–Kier alpha value is -0.740. The van der Waals surface area contributed by atoms with Crippen LogP contribution in [-0.2, 0) is 14.3 Å². The van der Waals surface area contributed by atoms with Gasteiger partial charge >= 0.3 is 0 Å². The van der Waals surface area contributed by atoms with Gasteiger partial charge in [0.15, 0.2) is 5.78 Å². The summed E-state index contributed by atoms with van der Waals surface area (Å²) in [6.45, 7) is 11.1. The van der Waals surface area contributed by atoms with Gasteiger partial charge in [-0.25, -0.2) is 0 Å². The Morgan fingerprint density at radius 1 is 1.06 bits per heavy atom. The van der Waals surface area contributed by atoms with Crippen LogP contribution in [0.1, 0.15) is 86.0 Å². The Labute approximate surface area is 187 Å². The molecule has 0 aromatic rings. The summed E-state index contributed by atoms with van der Waals surface area (Å²) in [5.74, 6) is 3.28. The number of carbonyl (C=O) groups excluding carboxylic acids is 2. The average Bonchev–Trinajstić information content (AvgIpc) is 3.02. The van der Waals surface area contributed by atoms with E-state index < -0.39 is 0 Å². The van der Waals surface area contributed by atoms with Gasteiger partial charge in [0.2, 0.25) is 0 Å². The van der Waals surface area contributed by atoms with Gasteiger partial charge in [-0.2, -0.15) is 0 Å². The van der Waals surface area contributed by atoms with Crippen molar-refractivity contribution in [1.29, 1.82) is 0 Å². The van der Waals surface area contributed by atoms with E-state index in [9.17, 15) is 14.7 Å². The van der Waals surface area contributed by atoms with Crippen molar-refractivity contribution >= 4 is 11.6 Å². The highest BCUT2D eigenvalue weighted by Crippen LogP contribution is 2.68. The number of hydrogen-bond acceptors (Lipinski definition) is 4. The molecule has 4 nitrogen and oxygen atoms in total. The smallest absolute Gasteiger partial charge is 0.164 e. The molecule has 1 unspecified atom stereocenters. The minimum absolute atomic E-state index is 0.0203.